The standard InChI is InChI=1S/C10H19FN2/c1-2-8-5-12-6-10(8)13-4-3-9(11)7-13/h8-10,12H,2-7H2,1H3. The fraction of sp³-hybridized carbons (Fsp3) is 1.00. The van der Waals surface area contributed by atoms with Crippen LogP contribution in [0.5, 0.6) is 0 Å². The quantitative estimate of drug-likeness (QED) is 0.693. The highest BCUT2D eigenvalue weighted by atomic mass is 19.1. The highest BCUT2D eigenvalue weighted by molar-refractivity contribution is 4.91. The lowest BCUT2D eigenvalue weighted by molar-refractivity contribution is 0.192. The smallest absolute Gasteiger partial charge is 0.114 e. The van der Waals surface area contributed by atoms with Crippen LogP contribution in [0.4, 0.5) is 4.39 Å². The summed E-state index contributed by atoms with van der Waals surface area (Å²) >= 11 is 0. The second kappa shape index (κ2) is 3.93. The normalized spacial score (nSPS) is 41.5. The van der Waals surface area contributed by atoms with E-state index >= 15 is 0 Å². The van der Waals surface area contributed by atoms with Crippen LogP contribution in [-0.4, -0.2) is 43.3 Å². The number of likely N-dealkylation sites (tertiary alicyclic amines) is 1. The van der Waals surface area contributed by atoms with E-state index in [1.54, 1.807) is 0 Å². The monoisotopic (exact) mass is 186 g/mol. The fourth-order valence-corrected chi connectivity index (χ4v) is 2.61. The van der Waals surface area contributed by atoms with Gasteiger partial charge in [-0.25, -0.2) is 4.39 Å². The van der Waals surface area contributed by atoms with Gasteiger partial charge in [0.1, 0.15) is 6.17 Å². The van der Waals surface area contributed by atoms with Crippen LogP contribution in [0, 0.1) is 5.92 Å². The summed E-state index contributed by atoms with van der Waals surface area (Å²) in [5, 5.41) is 3.40. The van der Waals surface area contributed by atoms with Crippen molar-refractivity contribution in [2.24, 2.45) is 5.92 Å². The van der Waals surface area contributed by atoms with Crippen LogP contribution in [0.25, 0.3) is 0 Å². The van der Waals surface area contributed by atoms with E-state index in [9.17, 15) is 4.39 Å². The molecule has 0 spiro atoms. The fourth-order valence-electron chi connectivity index (χ4n) is 2.61. The van der Waals surface area contributed by atoms with Crippen molar-refractivity contribution in [1.82, 2.24) is 10.2 Å². The van der Waals surface area contributed by atoms with Crippen LogP contribution in [0.15, 0.2) is 0 Å². The minimum absolute atomic E-state index is 0.571. The van der Waals surface area contributed by atoms with Crippen LogP contribution >= 0.6 is 0 Å². The van der Waals surface area contributed by atoms with Crippen LogP contribution in [0.1, 0.15) is 19.8 Å². The molecule has 3 atom stereocenters. The average Bonchev–Trinajstić information content (AvgIpc) is 2.71. The van der Waals surface area contributed by atoms with Gasteiger partial charge in [0, 0.05) is 25.7 Å². The molecular weight excluding hydrogens is 167 g/mol. The Hall–Kier alpha value is -0.150. The van der Waals surface area contributed by atoms with Gasteiger partial charge in [0.05, 0.1) is 0 Å². The molecule has 2 rings (SSSR count). The first-order valence-electron chi connectivity index (χ1n) is 5.40. The topological polar surface area (TPSA) is 15.3 Å². The van der Waals surface area contributed by atoms with Gasteiger partial charge in [0.15, 0.2) is 0 Å². The molecule has 3 unspecified atom stereocenters. The molecule has 76 valence electrons. The lowest BCUT2D eigenvalue weighted by Gasteiger charge is -2.27. The van der Waals surface area contributed by atoms with E-state index in [-0.39, 0.29) is 0 Å². The third-order valence-corrected chi connectivity index (χ3v) is 3.46. The van der Waals surface area contributed by atoms with Crippen LogP contribution in [0.3, 0.4) is 0 Å². The van der Waals surface area contributed by atoms with Crippen LogP contribution in [0.2, 0.25) is 0 Å². The zero-order valence-corrected chi connectivity index (χ0v) is 8.30. The zero-order chi connectivity index (χ0) is 9.26. The van der Waals surface area contributed by atoms with Crippen LogP contribution < -0.4 is 5.32 Å². The number of halogens is 1. The molecule has 0 aliphatic carbocycles. The predicted octanol–water partition coefficient (Wildman–Crippen LogP) is 1.03. The molecule has 1 N–H and O–H groups in total. The van der Waals surface area contributed by atoms with Gasteiger partial charge in [0.25, 0.3) is 0 Å². The van der Waals surface area contributed by atoms with Gasteiger partial charge in [0.2, 0.25) is 0 Å². The van der Waals surface area contributed by atoms with E-state index in [0.29, 0.717) is 12.6 Å². The lowest BCUT2D eigenvalue weighted by atomic mass is 10.00. The van der Waals surface area contributed by atoms with E-state index in [1.165, 1.54) is 6.42 Å². The Kier molecular flexibility index (Phi) is 2.84. The van der Waals surface area contributed by atoms with Gasteiger partial charge < -0.3 is 5.32 Å². The number of nitrogens with one attached hydrogen (secondary N) is 1. The molecule has 0 aromatic rings. The van der Waals surface area contributed by atoms with Crippen molar-refractivity contribution in [2.45, 2.75) is 32.0 Å². The third-order valence-electron chi connectivity index (χ3n) is 3.46. The first-order valence-corrected chi connectivity index (χ1v) is 5.40. The molecule has 2 saturated heterocycles. The molecule has 2 aliphatic rings. The van der Waals surface area contributed by atoms with Crippen molar-refractivity contribution in [2.75, 3.05) is 26.2 Å². The zero-order valence-electron chi connectivity index (χ0n) is 8.30. The largest absolute Gasteiger partial charge is 0.315 e. The van der Waals surface area contributed by atoms with E-state index in [1.807, 2.05) is 0 Å². The minimum Gasteiger partial charge on any atom is -0.315 e. The van der Waals surface area contributed by atoms with Crippen molar-refractivity contribution in [1.29, 1.82) is 0 Å². The molecule has 0 radical (unpaired) electrons. The average molecular weight is 186 g/mol. The number of nitrogens with zero attached hydrogens (tertiary/aromatic N) is 1. The van der Waals surface area contributed by atoms with Gasteiger partial charge in [-0.3, -0.25) is 4.90 Å². The Balaban J connectivity index is 1.92. The van der Waals surface area contributed by atoms with Crippen molar-refractivity contribution >= 4 is 0 Å². The molecular formula is C10H19FN2. The molecule has 2 nitrogen and oxygen atoms in total. The molecule has 0 bridgehead atoms. The maximum atomic E-state index is 13.0. The summed E-state index contributed by atoms with van der Waals surface area (Å²) in [4.78, 5) is 2.33. The van der Waals surface area contributed by atoms with E-state index in [4.69, 9.17) is 0 Å². The van der Waals surface area contributed by atoms with Gasteiger partial charge in [-0.05, 0) is 18.9 Å². The molecule has 0 amide bonds. The maximum Gasteiger partial charge on any atom is 0.114 e. The van der Waals surface area contributed by atoms with E-state index in [0.717, 1.165) is 32.0 Å². The molecule has 2 heterocycles. The van der Waals surface area contributed by atoms with Gasteiger partial charge in [-0.15, -0.1) is 0 Å². The molecule has 2 fully saturated rings. The molecule has 0 saturated carbocycles. The number of hydrogen-bond acceptors (Lipinski definition) is 2. The van der Waals surface area contributed by atoms with Crippen molar-refractivity contribution in [3.8, 4) is 0 Å². The first kappa shape index (κ1) is 9.41. The van der Waals surface area contributed by atoms with Crippen molar-refractivity contribution < 1.29 is 4.39 Å². The second-order valence-electron chi connectivity index (χ2n) is 4.27. The SMILES string of the molecule is CCC1CNCC1N1CCC(F)C1. The molecule has 0 aromatic carbocycles. The van der Waals surface area contributed by atoms with Gasteiger partial charge in [-0.1, -0.05) is 13.3 Å². The summed E-state index contributed by atoms with van der Waals surface area (Å²) in [7, 11) is 0. The molecule has 0 aromatic heterocycles. The summed E-state index contributed by atoms with van der Waals surface area (Å²) in [6.07, 6.45) is 1.39. The van der Waals surface area contributed by atoms with Gasteiger partial charge in [-0.2, -0.15) is 0 Å². The second-order valence-corrected chi connectivity index (χ2v) is 4.27. The lowest BCUT2D eigenvalue weighted by Crippen LogP contribution is -2.39. The molecule has 3 heteroatoms. The molecule has 13 heavy (non-hydrogen) atoms. The van der Waals surface area contributed by atoms with Crippen molar-refractivity contribution in [3.63, 3.8) is 0 Å². The Morgan fingerprint density at radius 2 is 2.31 bits per heavy atom. The number of hydrogen-bond donors (Lipinski definition) is 1. The summed E-state index contributed by atoms with van der Waals surface area (Å²) in [5.41, 5.74) is 0. The minimum atomic E-state index is -0.571. The number of alkyl halides is 1. The van der Waals surface area contributed by atoms with Gasteiger partial charge >= 0.3 is 0 Å². The highest BCUT2D eigenvalue weighted by Gasteiger charge is 2.34. The third kappa shape index (κ3) is 1.86. The number of rotatable bonds is 2. The summed E-state index contributed by atoms with van der Waals surface area (Å²) in [6.45, 7) is 6.04. The molecule has 2 aliphatic heterocycles. The van der Waals surface area contributed by atoms with E-state index < -0.39 is 6.17 Å². The Morgan fingerprint density at radius 3 is 2.92 bits per heavy atom. The first-order chi connectivity index (χ1) is 6.31. The van der Waals surface area contributed by atoms with Crippen molar-refractivity contribution in [3.05, 3.63) is 0 Å². The Morgan fingerprint density at radius 1 is 1.46 bits per heavy atom. The Bertz CT molecular complexity index is 174. The highest BCUT2D eigenvalue weighted by Crippen LogP contribution is 2.24. The van der Waals surface area contributed by atoms with E-state index in [2.05, 4.69) is 17.1 Å². The Labute approximate surface area is 79.5 Å². The maximum absolute atomic E-state index is 13.0. The summed E-state index contributed by atoms with van der Waals surface area (Å²) < 4.78 is 13.0. The summed E-state index contributed by atoms with van der Waals surface area (Å²) in [5.74, 6) is 0.741. The summed E-state index contributed by atoms with van der Waals surface area (Å²) in [6, 6.07) is 0.603. The predicted molar refractivity (Wildman–Crippen MR) is 51.5 cm³/mol. The van der Waals surface area contributed by atoms with Crippen LogP contribution in [-0.2, 0) is 0 Å².